The number of phenols is 3. The van der Waals surface area contributed by atoms with E-state index in [-0.39, 0.29) is 11.5 Å². The lowest BCUT2D eigenvalue weighted by Crippen LogP contribution is -1.92. The van der Waals surface area contributed by atoms with Crippen LogP contribution in [0.4, 0.5) is 0 Å². The fraction of sp³-hybridized carbons (Fsp3) is 0.217. The molecule has 0 amide bonds. The van der Waals surface area contributed by atoms with Crippen molar-refractivity contribution >= 4 is 0 Å². The Balaban J connectivity index is 2.35. The maximum Gasteiger partial charge on any atom is 0.126 e. The highest BCUT2D eigenvalue weighted by Gasteiger charge is 2.17. The van der Waals surface area contributed by atoms with Crippen LogP contribution in [0.25, 0.3) is 22.3 Å². The molecule has 0 atom stereocenters. The molecule has 0 aromatic heterocycles. The Labute approximate surface area is 154 Å². The summed E-state index contributed by atoms with van der Waals surface area (Å²) in [6.45, 7) is 9.32. The van der Waals surface area contributed by atoms with Gasteiger partial charge in [-0.2, -0.15) is 0 Å². The minimum Gasteiger partial charge on any atom is -0.507 e. The summed E-state index contributed by atoms with van der Waals surface area (Å²) in [5, 5.41) is 31.0. The summed E-state index contributed by atoms with van der Waals surface area (Å²) in [6, 6.07) is 11.5. The first-order valence-corrected chi connectivity index (χ1v) is 8.64. The van der Waals surface area contributed by atoms with E-state index in [1.165, 1.54) is 0 Å². The van der Waals surface area contributed by atoms with Gasteiger partial charge in [-0.3, -0.25) is 0 Å². The highest BCUT2D eigenvalue weighted by molar-refractivity contribution is 5.89. The molecule has 0 radical (unpaired) electrons. The first-order valence-electron chi connectivity index (χ1n) is 8.64. The first-order chi connectivity index (χ1) is 12.2. The van der Waals surface area contributed by atoms with Crippen molar-refractivity contribution in [2.75, 3.05) is 0 Å². The quantitative estimate of drug-likeness (QED) is 0.558. The second-order valence-electron chi connectivity index (χ2n) is 7.07. The summed E-state index contributed by atoms with van der Waals surface area (Å²) >= 11 is 0. The Kier molecular flexibility index (Phi) is 4.41. The molecular formula is C23H24O3. The van der Waals surface area contributed by atoms with Crippen molar-refractivity contribution in [3.63, 3.8) is 0 Å². The van der Waals surface area contributed by atoms with Gasteiger partial charge in [0.15, 0.2) is 0 Å². The molecule has 3 aromatic rings. The fourth-order valence-corrected chi connectivity index (χ4v) is 3.44. The van der Waals surface area contributed by atoms with Crippen LogP contribution in [-0.4, -0.2) is 15.3 Å². The summed E-state index contributed by atoms with van der Waals surface area (Å²) < 4.78 is 0. The number of rotatable bonds is 2. The van der Waals surface area contributed by atoms with Crippen molar-refractivity contribution in [1.82, 2.24) is 0 Å². The van der Waals surface area contributed by atoms with Gasteiger partial charge in [0.05, 0.1) is 0 Å². The van der Waals surface area contributed by atoms with Crippen LogP contribution in [0, 0.1) is 34.6 Å². The summed E-state index contributed by atoms with van der Waals surface area (Å²) in [4.78, 5) is 0. The topological polar surface area (TPSA) is 60.7 Å². The van der Waals surface area contributed by atoms with E-state index in [0.717, 1.165) is 50.1 Å². The van der Waals surface area contributed by atoms with Crippen molar-refractivity contribution in [2.45, 2.75) is 34.6 Å². The zero-order chi connectivity index (χ0) is 19.2. The minimum absolute atomic E-state index is 0.232. The largest absolute Gasteiger partial charge is 0.507 e. The molecule has 3 aromatic carbocycles. The maximum absolute atomic E-state index is 10.8. The molecule has 0 aliphatic heterocycles. The van der Waals surface area contributed by atoms with Crippen LogP contribution >= 0.6 is 0 Å². The Morgan fingerprint density at radius 1 is 0.500 bits per heavy atom. The highest BCUT2D eigenvalue weighted by atomic mass is 16.3. The van der Waals surface area contributed by atoms with Gasteiger partial charge in [-0.05, 0) is 103 Å². The normalized spacial score (nSPS) is 11.0. The Hall–Kier alpha value is -2.94. The van der Waals surface area contributed by atoms with Crippen molar-refractivity contribution < 1.29 is 15.3 Å². The number of hydrogen-bond acceptors (Lipinski definition) is 3. The molecule has 134 valence electrons. The van der Waals surface area contributed by atoms with E-state index in [4.69, 9.17) is 0 Å². The van der Waals surface area contributed by atoms with E-state index in [0.29, 0.717) is 5.75 Å². The number of aromatic hydroxyl groups is 3. The van der Waals surface area contributed by atoms with Crippen LogP contribution in [0.15, 0.2) is 36.4 Å². The lowest BCUT2D eigenvalue weighted by atomic mass is 9.89. The van der Waals surface area contributed by atoms with Gasteiger partial charge in [-0.1, -0.05) is 12.1 Å². The van der Waals surface area contributed by atoms with Gasteiger partial charge in [0, 0.05) is 5.56 Å². The molecule has 3 rings (SSSR count). The molecule has 0 heterocycles. The minimum atomic E-state index is 0.232. The van der Waals surface area contributed by atoms with Crippen molar-refractivity contribution in [3.8, 4) is 39.5 Å². The molecule has 0 bridgehead atoms. The summed E-state index contributed by atoms with van der Waals surface area (Å²) in [5.74, 6) is 0.803. The van der Waals surface area contributed by atoms with E-state index in [1.54, 1.807) is 0 Å². The molecular weight excluding hydrogens is 324 g/mol. The SMILES string of the molecule is Cc1cc(-c2ccc(C)c(O)c2-c2cc(C)c(O)c(C)c2)cc(C)c1O. The second kappa shape index (κ2) is 6.41. The number of phenolic OH excluding ortho intramolecular Hbond substituents is 3. The number of aryl methyl sites for hydroxylation is 5. The Morgan fingerprint density at radius 2 is 0.923 bits per heavy atom. The van der Waals surface area contributed by atoms with Crippen LogP contribution in [0.3, 0.4) is 0 Å². The van der Waals surface area contributed by atoms with Crippen LogP contribution in [0.1, 0.15) is 27.8 Å². The molecule has 0 saturated carbocycles. The van der Waals surface area contributed by atoms with Gasteiger partial charge in [0.2, 0.25) is 0 Å². The molecule has 0 unspecified atom stereocenters. The van der Waals surface area contributed by atoms with Crippen molar-refractivity contribution in [3.05, 3.63) is 64.2 Å². The summed E-state index contributed by atoms with van der Waals surface area (Å²) in [5.41, 5.74) is 7.34. The maximum atomic E-state index is 10.8. The molecule has 3 heteroatoms. The third kappa shape index (κ3) is 2.90. The van der Waals surface area contributed by atoms with Crippen LogP contribution in [0.5, 0.6) is 17.2 Å². The van der Waals surface area contributed by atoms with Crippen molar-refractivity contribution in [2.24, 2.45) is 0 Å². The first kappa shape index (κ1) is 17.9. The van der Waals surface area contributed by atoms with E-state index < -0.39 is 0 Å². The molecule has 0 fully saturated rings. The van der Waals surface area contributed by atoms with Gasteiger partial charge in [0.25, 0.3) is 0 Å². The summed E-state index contributed by atoms with van der Waals surface area (Å²) in [7, 11) is 0. The zero-order valence-corrected chi connectivity index (χ0v) is 15.8. The van der Waals surface area contributed by atoms with E-state index in [1.807, 2.05) is 71.0 Å². The zero-order valence-electron chi connectivity index (χ0n) is 15.8. The van der Waals surface area contributed by atoms with Gasteiger partial charge in [-0.15, -0.1) is 0 Å². The Morgan fingerprint density at radius 3 is 1.38 bits per heavy atom. The molecule has 3 N–H and O–H groups in total. The number of benzene rings is 3. The van der Waals surface area contributed by atoms with Crippen LogP contribution in [-0.2, 0) is 0 Å². The predicted octanol–water partition coefficient (Wildman–Crippen LogP) is 5.68. The van der Waals surface area contributed by atoms with E-state index in [9.17, 15) is 15.3 Å². The van der Waals surface area contributed by atoms with Gasteiger partial charge >= 0.3 is 0 Å². The van der Waals surface area contributed by atoms with Gasteiger partial charge in [0.1, 0.15) is 17.2 Å². The lowest BCUT2D eigenvalue weighted by Gasteiger charge is -2.17. The third-order valence-electron chi connectivity index (χ3n) is 4.96. The monoisotopic (exact) mass is 348 g/mol. The van der Waals surface area contributed by atoms with E-state index >= 15 is 0 Å². The lowest BCUT2D eigenvalue weighted by molar-refractivity contribution is 0.466. The van der Waals surface area contributed by atoms with Crippen LogP contribution < -0.4 is 0 Å². The molecule has 0 aliphatic rings. The molecule has 0 aliphatic carbocycles. The van der Waals surface area contributed by atoms with Crippen LogP contribution in [0.2, 0.25) is 0 Å². The molecule has 0 spiro atoms. The average Bonchev–Trinajstić information content (AvgIpc) is 2.59. The standard InChI is InChI=1S/C23H24O3/c1-12-6-7-19(17-8-13(2)21(24)14(3)9-17)20(23(12)26)18-10-15(4)22(25)16(5)11-18/h6-11,24-26H,1-5H3. The third-order valence-corrected chi connectivity index (χ3v) is 4.96. The average molecular weight is 348 g/mol. The van der Waals surface area contributed by atoms with Gasteiger partial charge < -0.3 is 15.3 Å². The second-order valence-corrected chi connectivity index (χ2v) is 7.07. The molecule has 0 saturated heterocycles. The van der Waals surface area contributed by atoms with E-state index in [2.05, 4.69) is 0 Å². The Bertz CT molecular complexity index is 970. The highest BCUT2D eigenvalue weighted by Crippen LogP contribution is 2.43. The van der Waals surface area contributed by atoms with Crippen molar-refractivity contribution in [1.29, 1.82) is 0 Å². The van der Waals surface area contributed by atoms with Gasteiger partial charge in [-0.25, -0.2) is 0 Å². The number of hydrogen-bond donors (Lipinski definition) is 3. The summed E-state index contributed by atoms with van der Waals surface area (Å²) in [6.07, 6.45) is 0. The molecule has 26 heavy (non-hydrogen) atoms. The fourth-order valence-electron chi connectivity index (χ4n) is 3.44. The smallest absolute Gasteiger partial charge is 0.126 e. The predicted molar refractivity (Wildman–Crippen MR) is 106 cm³/mol. The molecule has 3 nitrogen and oxygen atoms in total.